The van der Waals surface area contributed by atoms with Crippen molar-refractivity contribution in [2.45, 2.75) is 32.8 Å². The highest BCUT2D eigenvalue weighted by atomic mass is 19.1. The maximum absolute atomic E-state index is 12.1. The third-order valence-corrected chi connectivity index (χ3v) is 2.78. The highest BCUT2D eigenvalue weighted by molar-refractivity contribution is 5.91. The minimum Gasteiger partial charge on any atom is -0.492 e. The lowest BCUT2D eigenvalue weighted by molar-refractivity contribution is 0.0525. The Morgan fingerprint density at radius 1 is 1.20 bits per heavy atom. The average Bonchev–Trinajstić information content (AvgIpc) is 2.50. The molecular formula is C17H24FNO6. The van der Waals surface area contributed by atoms with Gasteiger partial charge in [-0.3, -0.25) is 0 Å². The molecule has 0 atom stereocenters. The van der Waals surface area contributed by atoms with E-state index in [-0.39, 0.29) is 24.5 Å². The maximum atomic E-state index is 12.1. The summed E-state index contributed by atoms with van der Waals surface area (Å²) < 4.78 is 27.8. The van der Waals surface area contributed by atoms with E-state index in [2.05, 4.69) is 5.32 Å². The number of carboxylic acid groups (broad SMARTS) is 1. The number of alkyl halides is 1. The van der Waals surface area contributed by atoms with E-state index >= 15 is 0 Å². The van der Waals surface area contributed by atoms with E-state index < -0.39 is 24.3 Å². The highest BCUT2D eigenvalue weighted by Crippen LogP contribution is 2.25. The molecule has 0 saturated heterocycles. The van der Waals surface area contributed by atoms with Crippen LogP contribution in [0.1, 0.15) is 37.6 Å². The van der Waals surface area contributed by atoms with Crippen LogP contribution in [0, 0.1) is 0 Å². The first-order valence-electron chi connectivity index (χ1n) is 7.88. The normalized spacial score (nSPS) is 10.9. The van der Waals surface area contributed by atoms with Gasteiger partial charge in [0.05, 0.1) is 6.61 Å². The topological polar surface area (TPSA) is 94.1 Å². The molecule has 7 nitrogen and oxygen atoms in total. The smallest absolute Gasteiger partial charge is 0.407 e. The number of carbonyl (C=O) groups excluding carboxylic acids is 1. The number of rotatable bonds is 9. The molecule has 0 aliphatic rings. The molecule has 0 spiro atoms. The molecule has 0 radical (unpaired) electrons. The van der Waals surface area contributed by atoms with Gasteiger partial charge in [0.1, 0.15) is 35.9 Å². The van der Waals surface area contributed by atoms with Gasteiger partial charge in [-0.25, -0.2) is 14.0 Å². The summed E-state index contributed by atoms with van der Waals surface area (Å²) in [6.07, 6.45) is -0.0752. The molecule has 0 aliphatic heterocycles. The Hall–Kier alpha value is -2.51. The van der Waals surface area contributed by atoms with E-state index in [1.54, 1.807) is 20.8 Å². The molecule has 1 amide bonds. The Labute approximate surface area is 146 Å². The Morgan fingerprint density at radius 2 is 1.92 bits per heavy atom. The van der Waals surface area contributed by atoms with Gasteiger partial charge in [-0.1, -0.05) is 0 Å². The van der Waals surface area contributed by atoms with E-state index in [0.29, 0.717) is 18.7 Å². The van der Waals surface area contributed by atoms with Crippen LogP contribution in [0.2, 0.25) is 0 Å². The maximum Gasteiger partial charge on any atom is 0.407 e. The highest BCUT2D eigenvalue weighted by Gasteiger charge is 2.16. The molecule has 0 aliphatic carbocycles. The van der Waals surface area contributed by atoms with Gasteiger partial charge in [-0.05, 0) is 39.3 Å². The van der Waals surface area contributed by atoms with E-state index in [1.165, 1.54) is 18.2 Å². The third kappa shape index (κ3) is 8.23. The van der Waals surface area contributed by atoms with Crippen molar-refractivity contribution in [1.82, 2.24) is 5.32 Å². The zero-order valence-corrected chi connectivity index (χ0v) is 14.6. The van der Waals surface area contributed by atoms with Crippen molar-refractivity contribution in [1.29, 1.82) is 0 Å². The predicted molar refractivity (Wildman–Crippen MR) is 89.2 cm³/mol. The van der Waals surface area contributed by atoms with Crippen molar-refractivity contribution >= 4 is 12.1 Å². The van der Waals surface area contributed by atoms with E-state index in [9.17, 15) is 14.0 Å². The van der Waals surface area contributed by atoms with Crippen LogP contribution in [0.5, 0.6) is 11.5 Å². The first-order chi connectivity index (χ1) is 11.7. The van der Waals surface area contributed by atoms with Crippen LogP contribution in [0.25, 0.3) is 0 Å². The first kappa shape index (κ1) is 20.5. The molecule has 25 heavy (non-hydrogen) atoms. The predicted octanol–water partition coefficient (Wildman–Crippen LogP) is 3.03. The van der Waals surface area contributed by atoms with Crippen molar-refractivity contribution in [2.24, 2.45) is 0 Å². The summed E-state index contributed by atoms with van der Waals surface area (Å²) in [5.74, 6) is -0.690. The zero-order chi connectivity index (χ0) is 18.9. The van der Waals surface area contributed by atoms with Gasteiger partial charge in [-0.15, -0.1) is 0 Å². The summed E-state index contributed by atoms with van der Waals surface area (Å²) in [5, 5.41) is 11.7. The molecule has 0 saturated carbocycles. The quantitative estimate of drug-likeness (QED) is 0.660. The summed E-state index contributed by atoms with van der Waals surface area (Å²) in [6, 6.07) is 4.18. The molecule has 140 valence electrons. The summed E-state index contributed by atoms with van der Waals surface area (Å²) in [4.78, 5) is 22.7. The average molecular weight is 357 g/mol. The summed E-state index contributed by atoms with van der Waals surface area (Å²) in [5.41, 5.74) is -0.593. The van der Waals surface area contributed by atoms with Gasteiger partial charge in [-0.2, -0.15) is 0 Å². The molecule has 1 rings (SSSR count). The molecule has 0 bridgehead atoms. The van der Waals surface area contributed by atoms with Crippen LogP contribution < -0.4 is 14.8 Å². The summed E-state index contributed by atoms with van der Waals surface area (Å²) in [7, 11) is 0. The lowest BCUT2D eigenvalue weighted by atomic mass is 10.2. The van der Waals surface area contributed by atoms with Gasteiger partial charge in [0.15, 0.2) is 0 Å². The van der Waals surface area contributed by atoms with E-state index in [1.807, 2.05) is 0 Å². The number of benzene rings is 1. The van der Waals surface area contributed by atoms with Crippen molar-refractivity contribution in [3.05, 3.63) is 23.8 Å². The van der Waals surface area contributed by atoms with Crippen LogP contribution in [0.15, 0.2) is 18.2 Å². The van der Waals surface area contributed by atoms with Crippen molar-refractivity contribution in [3.8, 4) is 11.5 Å². The second-order valence-corrected chi connectivity index (χ2v) is 6.13. The number of hydrogen-bond donors (Lipinski definition) is 2. The lowest BCUT2D eigenvalue weighted by Gasteiger charge is -2.19. The molecule has 0 heterocycles. The minimum atomic E-state index is -1.14. The van der Waals surface area contributed by atoms with Crippen molar-refractivity contribution in [3.63, 3.8) is 0 Å². The van der Waals surface area contributed by atoms with Gasteiger partial charge in [0.2, 0.25) is 0 Å². The van der Waals surface area contributed by atoms with E-state index in [0.717, 1.165) is 0 Å². The third-order valence-electron chi connectivity index (χ3n) is 2.78. The fraction of sp³-hybridized carbons (Fsp3) is 0.529. The molecule has 0 aromatic heterocycles. The number of aromatic carboxylic acids is 1. The van der Waals surface area contributed by atoms with Crippen molar-refractivity contribution in [2.75, 3.05) is 26.4 Å². The number of ether oxygens (including phenoxy) is 3. The largest absolute Gasteiger partial charge is 0.492 e. The molecule has 2 N–H and O–H groups in total. The second-order valence-electron chi connectivity index (χ2n) is 6.13. The van der Waals surface area contributed by atoms with Crippen LogP contribution in [-0.4, -0.2) is 49.2 Å². The molecule has 0 fully saturated rings. The van der Waals surface area contributed by atoms with Gasteiger partial charge >= 0.3 is 12.1 Å². The Morgan fingerprint density at radius 3 is 2.52 bits per heavy atom. The number of halogens is 1. The summed E-state index contributed by atoms with van der Waals surface area (Å²) >= 11 is 0. The number of carboxylic acids is 1. The standard InChI is InChI=1S/C17H24FNO6/c1-17(2,3)25-16(22)19-8-4-9-24-14-11-12(23-10-7-18)5-6-13(14)15(20)21/h5-6,11H,4,7-10H2,1-3H3,(H,19,22)(H,20,21). The number of alkyl carbamates (subject to hydrolysis) is 1. The fourth-order valence-electron chi connectivity index (χ4n) is 1.80. The SMILES string of the molecule is CC(C)(C)OC(=O)NCCCOc1cc(OCCF)ccc1C(=O)O. The number of carbonyl (C=O) groups is 2. The van der Waals surface area contributed by atoms with Gasteiger partial charge in [0.25, 0.3) is 0 Å². The molecule has 1 aromatic rings. The monoisotopic (exact) mass is 357 g/mol. The second kappa shape index (κ2) is 9.71. The minimum absolute atomic E-state index is 0.0206. The lowest BCUT2D eigenvalue weighted by Crippen LogP contribution is -2.33. The van der Waals surface area contributed by atoms with Crippen LogP contribution in [-0.2, 0) is 4.74 Å². The Bertz CT molecular complexity index is 585. The van der Waals surface area contributed by atoms with E-state index in [4.69, 9.17) is 19.3 Å². The van der Waals surface area contributed by atoms with Crippen LogP contribution in [0.4, 0.5) is 9.18 Å². The first-order valence-corrected chi connectivity index (χ1v) is 7.88. The molecule has 0 unspecified atom stereocenters. The molecule has 8 heteroatoms. The van der Waals surface area contributed by atoms with Crippen molar-refractivity contribution < 1.29 is 33.3 Å². The van der Waals surface area contributed by atoms with Gasteiger partial charge < -0.3 is 24.6 Å². The van der Waals surface area contributed by atoms with Crippen LogP contribution >= 0.6 is 0 Å². The van der Waals surface area contributed by atoms with Crippen LogP contribution in [0.3, 0.4) is 0 Å². The number of hydrogen-bond acceptors (Lipinski definition) is 5. The molecular weight excluding hydrogens is 333 g/mol. The Kier molecular flexibility index (Phi) is 7.97. The molecule has 1 aromatic carbocycles. The summed E-state index contributed by atoms with van der Waals surface area (Å²) in [6.45, 7) is 5.03. The fourth-order valence-corrected chi connectivity index (χ4v) is 1.80. The number of nitrogens with one attached hydrogen (secondary N) is 1. The number of amides is 1. The van der Waals surface area contributed by atoms with Gasteiger partial charge in [0, 0.05) is 12.6 Å². The Balaban J connectivity index is 2.49. The zero-order valence-electron chi connectivity index (χ0n) is 14.6.